The lowest BCUT2D eigenvalue weighted by molar-refractivity contribution is 0.566. The molecule has 0 aliphatic heterocycles. The molecule has 2 aromatic heterocycles. The van der Waals surface area contributed by atoms with E-state index < -0.39 is 11.6 Å². The average molecular weight is 356 g/mol. The smallest absolute Gasteiger partial charge is 0.179 e. The number of imidazole rings is 1. The second kappa shape index (κ2) is 5.06. The Hall–Kier alpha value is -1.60. The van der Waals surface area contributed by atoms with Crippen LogP contribution in [0.4, 0.5) is 8.78 Å². The Morgan fingerprint density at radius 1 is 1.30 bits per heavy atom. The first-order chi connectivity index (χ1) is 9.54. The number of halogens is 3. The lowest BCUT2D eigenvalue weighted by Gasteiger charge is -2.05. The maximum Gasteiger partial charge on any atom is 0.179 e. The minimum absolute atomic E-state index is 0.194. The van der Waals surface area contributed by atoms with Crippen LogP contribution in [0.1, 0.15) is 5.56 Å². The van der Waals surface area contributed by atoms with Gasteiger partial charge in [0.25, 0.3) is 0 Å². The third-order valence-electron chi connectivity index (χ3n) is 2.92. The highest BCUT2D eigenvalue weighted by Gasteiger charge is 2.10. The monoisotopic (exact) mass is 355 g/mol. The number of nitrogens with one attached hydrogen (secondary N) is 1. The number of nitrogens with zero attached hydrogens (tertiary/aromatic N) is 2. The normalized spacial score (nSPS) is 11.2. The van der Waals surface area contributed by atoms with Crippen molar-refractivity contribution in [1.82, 2.24) is 14.5 Å². The van der Waals surface area contributed by atoms with Gasteiger partial charge in [0.05, 0.1) is 12.1 Å². The molecule has 0 aliphatic carbocycles. The zero-order valence-electron chi connectivity index (χ0n) is 10.0. The lowest BCUT2D eigenvalue weighted by Crippen LogP contribution is -2.03. The van der Waals surface area contributed by atoms with Crippen molar-refractivity contribution >= 4 is 39.3 Å². The van der Waals surface area contributed by atoms with Crippen LogP contribution in [-0.2, 0) is 6.54 Å². The number of hydrogen-bond acceptors (Lipinski definition) is 2. The van der Waals surface area contributed by atoms with Crippen LogP contribution in [0.5, 0.6) is 0 Å². The first-order valence-corrected chi connectivity index (χ1v) is 6.93. The molecular weight excluding hydrogens is 348 g/mol. The molecule has 0 fully saturated rings. The van der Waals surface area contributed by atoms with Gasteiger partial charge in [0.15, 0.2) is 10.4 Å². The fraction of sp³-hybridized carbons (Fsp3) is 0.0769. The van der Waals surface area contributed by atoms with E-state index in [9.17, 15) is 8.78 Å². The number of hydrogen-bond donors (Lipinski definition) is 1. The van der Waals surface area contributed by atoms with Gasteiger partial charge in [-0.3, -0.25) is 4.57 Å². The Balaban J connectivity index is 2.11. The molecule has 0 amide bonds. The van der Waals surface area contributed by atoms with Gasteiger partial charge in [-0.1, -0.05) is 6.07 Å². The fourth-order valence-corrected chi connectivity index (χ4v) is 2.58. The molecule has 0 saturated carbocycles. The summed E-state index contributed by atoms with van der Waals surface area (Å²) in [6.45, 7) is 0.194. The van der Waals surface area contributed by atoms with Crippen molar-refractivity contribution in [1.29, 1.82) is 0 Å². The van der Waals surface area contributed by atoms with Crippen molar-refractivity contribution in [2.75, 3.05) is 0 Å². The third kappa shape index (κ3) is 2.38. The molecular formula is C13H8BrF2N3S. The first-order valence-electron chi connectivity index (χ1n) is 5.72. The molecule has 0 radical (unpaired) electrons. The molecule has 1 N–H and O–H groups in total. The predicted molar refractivity (Wildman–Crippen MR) is 78.1 cm³/mol. The lowest BCUT2D eigenvalue weighted by atomic mass is 10.2. The van der Waals surface area contributed by atoms with Gasteiger partial charge in [-0.2, -0.15) is 0 Å². The quantitative estimate of drug-likeness (QED) is 0.699. The van der Waals surface area contributed by atoms with Crippen LogP contribution in [0, 0.1) is 16.4 Å². The Bertz CT molecular complexity index is 856. The van der Waals surface area contributed by atoms with E-state index >= 15 is 0 Å². The number of aromatic nitrogens is 3. The van der Waals surface area contributed by atoms with Gasteiger partial charge in [0.2, 0.25) is 0 Å². The molecule has 3 rings (SSSR count). The molecule has 102 valence electrons. The number of rotatable bonds is 2. The Kier molecular flexibility index (Phi) is 3.39. The van der Waals surface area contributed by atoms with Gasteiger partial charge in [0, 0.05) is 22.3 Å². The SMILES string of the molecule is Fc1ccc(Cn2c(=S)[nH]c3cc(Br)cnc32)c(F)c1. The second-order valence-corrected chi connectivity index (χ2v) is 5.58. The van der Waals surface area contributed by atoms with E-state index in [1.54, 1.807) is 10.8 Å². The van der Waals surface area contributed by atoms with E-state index in [4.69, 9.17) is 12.2 Å². The molecule has 0 aliphatic rings. The van der Waals surface area contributed by atoms with Crippen molar-refractivity contribution < 1.29 is 8.78 Å². The predicted octanol–water partition coefficient (Wildman–Crippen LogP) is 4.18. The minimum atomic E-state index is -0.601. The highest BCUT2D eigenvalue weighted by Crippen LogP contribution is 2.19. The highest BCUT2D eigenvalue weighted by molar-refractivity contribution is 9.10. The van der Waals surface area contributed by atoms with Crippen LogP contribution in [0.2, 0.25) is 0 Å². The highest BCUT2D eigenvalue weighted by atomic mass is 79.9. The summed E-state index contributed by atoms with van der Waals surface area (Å²) >= 11 is 8.55. The molecule has 20 heavy (non-hydrogen) atoms. The second-order valence-electron chi connectivity index (χ2n) is 4.28. The molecule has 2 heterocycles. The van der Waals surface area contributed by atoms with Gasteiger partial charge in [-0.25, -0.2) is 13.8 Å². The maximum atomic E-state index is 13.7. The first kappa shape index (κ1) is 13.4. The largest absolute Gasteiger partial charge is 0.329 e. The molecule has 0 unspecified atom stereocenters. The zero-order valence-corrected chi connectivity index (χ0v) is 12.4. The summed E-state index contributed by atoms with van der Waals surface area (Å²) in [7, 11) is 0. The van der Waals surface area contributed by atoms with Gasteiger partial charge in [-0.05, 0) is 40.3 Å². The van der Waals surface area contributed by atoms with Crippen molar-refractivity contribution in [2.24, 2.45) is 0 Å². The van der Waals surface area contributed by atoms with Gasteiger partial charge >= 0.3 is 0 Å². The van der Waals surface area contributed by atoms with Gasteiger partial charge in [0.1, 0.15) is 11.6 Å². The van der Waals surface area contributed by atoms with Crippen molar-refractivity contribution in [3.8, 4) is 0 Å². The summed E-state index contributed by atoms with van der Waals surface area (Å²) in [5.41, 5.74) is 1.74. The summed E-state index contributed by atoms with van der Waals surface area (Å²) in [4.78, 5) is 7.27. The Morgan fingerprint density at radius 3 is 2.85 bits per heavy atom. The van der Waals surface area contributed by atoms with Crippen LogP contribution >= 0.6 is 28.1 Å². The summed E-state index contributed by atoms with van der Waals surface area (Å²) in [5, 5.41) is 0. The van der Waals surface area contributed by atoms with E-state index in [-0.39, 0.29) is 6.54 Å². The fourth-order valence-electron chi connectivity index (χ4n) is 1.98. The third-order valence-corrected chi connectivity index (χ3v) is 3.68. The Morgan fingerprint density at radius 2 is 2.10 bits per heavy atom. The van der Waals surface area contributed by atoms with Gasteiger partial charge < -0.3 is 4.98 Å². The Labute approximate surface area is 126 Å². The molecule has 3 aromatic rings. The maximum absolute atomic E-state index is 13.7. The van der Waals surface area contributed by atoms with E-state index in [1.165, 1.54) is 12.1 Å². The van der Waals surface area contributed by atoms with Crippen LogP contribution in [0.3, 0.4) is 0 Å². The van der Waals surface area contributed by atoms with E-state index in [0.29, 0.717) is 16.0 Å². The molecule has 0 spiro atoms. The van der Waals surface area contributed by atoms with Crippen molar-refractivity contribution in [2.45, 2.75) is 6.54 Å². The average Bonchev–Trinajstić information content (AvgIpc) is 2.68. The van der Waals surface area contributed by atoms with E-state index in [0.717, 1.165) is 16.1 Å². The summed E-state index contributed by atoms with van der Waals surface area (Å²) < 4.78 is 29.6. The van der Waals surface area contributed by atoms with Crippen molar-refractivity contribution in [3.05, 3.63) is 56.9 Å². The topological polar surface area (TPSA) is 33.6 Å². The molecule has 0 atom stereocenters. The number of aromatic amines is 1. The number of fused-ring (bicyclic) bond motifs is 1. The van der Waals surface area contributed by atoms with Crippen LogP contribution < -0.4 is 0 Å². The summed E-state index contributed by atoms with van der Waals surface area (Å²) in [5.74, 6) is -1.20. The molecule has 0 saturated heterocycles. The number of benzene rings is 1. The van der Waals surface area contributed by atoms with E-state index in [2.05, 4.69) is 25.9 Å². The number of H-pyrrole nitrogens is 1. The summed E-state index contributed by atoms with van der Waals surface area (Å²) in [6.07, 6.45) is 1.64. The minimum Gasteiger partial charge on any atom is -0.329 e. The van der Waals surface area contributed by atoms with Crippen LogP contribution in [0.15, 0.2) is 34.9 Å². The van der Waals surface area contributed by atoms with Crippen molar-refractivity contribution in [3.63, 3.8) is 0 Å². The van der Waals surface area contributed by atoms with E-state index in [1.807, 2.05) is 6.07 Å². The van der Waals surface area contributed by atoms with Crippen LogP contribution in [0.25, 0.3) is 11.2 Å². The molecule has 0 bridgehead atoms. The zero-order chi connectivity index (χ0) is 14.3. The molecule has 1 aromatic carbocycles. The molecule has 3 nitrogen and oxygen atoms in total. The summed E-state index contributed by atoms with van der Waals surface area (Å²) in [6, 6.07) is 5.33. The molecule has 7 heteroatoms. The van der Waals surface area contributed by atoms with Gasteiger partial charge in [-0.15, -0.1) is 0 Å². The van der Waals surface area contributed by atoms with Crippen LogP contribution in [-0.4, -0.2) is 14.5 Å². The standard InChI is InChI=1S/C13H8BrF2N3S/c14-8-3-11-12(17-5-8)19(13(20)18-11)6-7-1-2-9(15)4-10(7)16/h1-5H,6H2,(H,18,20). The number of pyridine rings is 1.